The van der Waals surface area contributed by atoms with Crippen LogP contribution in [0.1, 0.15) is 17.0 Å². The van der Waals surface area contributed by atoms with Crippen LogP contribution in [0.4, 0.5) is 5.69 Å². The second-order valence-corrected chi connectivity index (χ2v) is 7.96. The number of hydrogen-bond acceptors (Lipinski definition) is 6. The van der Waals surface area contributed by atoms with Crippen molar-refractivity contribution in [3.8, 4) is 0 Å². The van der Waals surface area contributed by atoms with Crippen molar-refractivity contribution in [1.82, 2.24) is 15.0 Å². The molecule has 2 aromatic rings. The average molecular weight is 375 g/mol. The number of likely N-dealkylation sites (N-methyl/N-ethyl adjacent to an activating group) is 1. The van der Waals surface area contributed by atoms with Crippen LogP contribution >= 0.6 is 11.8 Å². The summed E-state index contributed by atoms with van der Waals surface area (Å²) in [6.07, 6.45) is 0. The maximum Gasteiger partial charge on any atom is 0.238 e. The van der Waals surface area contributed by atoms with Crippen LogP contribution in [0, 0.1) is 6.92 Å². The van der Waals surface area contributed by atoms with Gasteiger partial charge in [0, 0.05) is 49.4 Å². The molecule has 3 rings (SSSR count). The number of benzene rings is 1. The molecule has 0 unspecified atom stereocenters. The summed E-state index contributed by atoms with van der Waals surface area (Å²) < 4.78 is 5.06. The molecular weight excluding hydrogens is 348 g/mol. The number of hydrogen-bond donors (Lipinski definition) is 1. The van der Waals surface area contributed by atoms with E-state index in [2.05, 4.69) is 27.5 Å². The Morgan fingerprint density at radius 1 is 1.35 bits per heavy atom. The highest BCUT2D eigenvalue weighted by Gasteiger charge is 2.12. The summed E-state index contributed by atoms with van der Waals surface area (Å²) in [5, 5.41) is 6.95. The fourth-order valence-corrected chi connectivity index (χ4v) is 4.01. The molecule has 2 heterocycles. The zero-order valence-corrected chi connectivity index (χ0v) is 16.2. The van der Waals surface area contributed by atoms with Gasteiger partial charge in [0.15, 0.2) is 0 Å². The van der Waals surface area contributed by atoms with Crippen LogP contribution in [0.15, 0.2) is 34.9 Å². The highest BCUT2D eigenvalue weighted by atomic mass is 32.2. The number of nitrogens with zero attached hydrogens (tertiary/aromatic N) is 3. The molecule has 140 valence electrons. The molecule has 6 nitrogen and oxygen atoms in total. The molecule has 0 spiro atoms. The molecule has 0 saturated carbocycles. The van der Waals surface area contributed by atoms with Crippen molar-refractivity contribution in [1.29, 1.82) is 0 Å². The Balaban J connectivity index is 1.49. The summed E-state index contributed by atoms with van der Waals surface area (Å²) >= 11 is 2.01. The third kappa shape index (κ3) is 5.86. The lowest BCUT2D eigenvalue weighted by Crippen LogP contribution is -2.32. The van der Waals surface area contributed by atoms with E-state index in [-0.39, 0.29) is 5.91 Å². The fraction of sp³-hybridized carbons (Fsp3) is 0.474. The molecule has 1 amide bonds. The van der Waals surface area contributed by atoms with Crippen LogP contribution < -0.4 is 5.32 Å². The number of aryl methyl sites for hydroxylation is 1. The predicted octanol–water partition coefficient (Wildman–Crippen LogP) is 2.60. The number of nitrogens with one attached hydrogen (secondary N) is 1. The van der Waals surface area contributed by atoms with Gasteiger partial charge in [-0.05, 0) is 31.7 Å². The number of rotatable bonds is 7. The monoisotopic (exact) mass is 374 g/mol. The van der Waals surface area contributed by atoms with E-state index in [0.717, 1.165) is 36.8 Å². The molecule has 1 fully saturated rings. The first-order valence-electron chi connectivity index (χ1n) is 8.88. The third-order valence-electron chi connectivity index (χ3n) is 4.24. The Kier molecular flexibility index (Phi) is 6.71. The second kappa shape index (κ2) is 9.21. The number of thioether (sulfide) groups is 1. The Morgan fingerprint density at radius 2 is 2.15 bits per heavy atom. The molecule has 1 aliphatic heterocycles. The smallest absolute Gasteiger partial charge is 0.238 e. The Hall–Kier alpha value is -1.83. The molecule has 1 N–H and O–H groups in total. The predicted molar refractivity (Wildman–Crippen MR) is 105 cm³/mol. The molecule has 0 bridgehead atoms. The standard InChI is InChI=1S/C19H26N4O2S/c1-15-10-18(21-25-15)13-22(2)14-19(24)20-17-5-3-4-16(11-17)12-23-6-8-26-9-7-23/h3-5,10-11H,6-9,12-14H2,1-2H3,(H,20,24). The van der Waals surface area contributed by atoms with Gasteiger partial charge in [-0.1, -0.05) is 17.3 Å². The van der Waals surface area contributed by atoms with Crippen molar-refractivity contribution in [2.24, 2.45) is 0 Å². The number of aromatic nitrogens is 1. The number of carbonyl (C=O) groups excluding carboxylic acids is 1. The Morgan fingerprint density at radius 3 is 2.88 bits per heavy atom. The molecule has 1 aliphatic rings. The van der Waals surface area contributed by atoms with Crippen LogP contribution in [-0.4, -0.2) is 59.1 Å². The highest BCUT2D eigenvalue weighted by molar-refractivity contribution is 7.99. The van der Waals surface area contributed by atoms with Crippen molar-refractivity contribution >= 4 is 23.4 Å². The van der Waals surface area contributed by atoms with Gasteiger partial charge in [0.2, 0.25) is 5.91 Å². The Labute approximate surface area is 158 Å². The van der Waals surface area contributed by atoms with E-state index < -0.39 is 0 Å². The normalized spacial score (nSPS) is 15.3. The first-order chi connectivity index (χ1) is 12.6. The lowest BCUT2D eigenvalue weighted by molar-refractivity contribution is -0.117. The third-order valence-corrected chi connectivity index (χ3v) is 5.19. The van der Waals surface area contributed by atoms with Crippen molar-refractivity contribution in [2.45, 2.75) is 20.0 Å². The van der Waals surface area contributed by atoms with Gasteiger partial charge in [0.25, 0.3) is 0 Å². The largest absolute Gasteiger partial charge is 0.361 e. The maximum atomic E-state index is 12.3. The fourth-order valence-electron chi connectivity index (χ4n) is 3.04. The van der Waals surface area contributed by atoms with Crippen LogP contribution in [0.25, 0.3) is 0 Å². The molecule has 0 aliphatic carbocycles. The van der Waals surface area contributed by atoms with Crippen molar-refractivity contribution < 1.29 is 9.32 Å². The van der Waals surface area contributed by atoms with Crippen LogP contribution in [0.2, 0.25) is 0 Å². The minimum Gasteiger partial charge on any atom is -0.361 e. The van der Waals surface area contributed by atoms with Crippen LogP contribution in [-0.2, 0) is 17.9 Å². The van der Waals surface area contributed by atoms with Gasteiger partial charge in [-0.15, -0.1) is 0 Å². The first-order valence-corrected chi connectivity index (χ1v) is 10.0. The highest BCUT2D eigenvalue weighted by Crippen LogP contribution is 2.16. The van der Waals surface area contributed by atoms with E-state index >= 15 is 0 Å². The van der Waals surface area contributed by atoms with E-state index in [1.807, 2.05) is 48.8 Å². The van der Waals surface area contributed by atoms with E-state index in [4.69, 9.17) is 4.52 Å². The SMILES string of the molecule is Cc1cc(CN(C)CC(=O)Nc2cccc(CN3CCSCC3)c2)no1. The molecular formula is C19H26N4O2S. The zero-order chi connectivity index (χ0) is 18.4. The van der Waals surface area contributed by atoms with Crippen molar-refractivity contribution in [3.05, 3.63) is 47.3 Å². The number of anilines is 1. The van der Waals surface area contributed by atoms with Crippen LogP contribution in [0.3, 0.4) is 0 Å². The maximum absolute atomic E-state index is 12.3. The minimum atomic E-state index is -0.0285. The first kappa shape index (κ1) is 18.9. The van der Waals surface area contributed by atoms with Gasteiger partial charge in [-0.2, -0.15) is 11.8 Å². The summed E-state index contributed by atoms with van der Waals surface area (Å²) in [7, 11) is 1.90. The quantitative estimate of drug-likeness (QED) is 0.804. The number of amides is 1. The van der Waals surface area contributed by atoms with Gasteiger partial charge >= 0.3 is 0 Å². The van der Waals surface area contributed by atoms with E-state index in [1.165, 1.54) is 17.1 Å². The summed E-state index contributed by atoms with van der Waals surface area (Å²) in [5.41, 5.74) is 2.92. The topological polar surface area (TPSA) is 61.6 Å². The van der Waals surface area contributed by atoms with E-state index in [1.54, 1.807) is 0 Å². The lowest BCUT2D eigenvalue weighted by atomic mass is 10.2. The van der Waals surface area contributed by atoms with E-state index in [0.29, 0.717) is 13.1 Å². The van der Waals surface area contributed by atoms with Gasteiger partial charge in [0.1, 0.15) is 5.76 Å². The number of carbonyl (C=O) groups is 1. The Bertz CT molecular complexity index is 728. The zero-order valence-electron chi connectivity index (χ0n) is 15.4. The van der Waals surface area contributed by atoms with Gasteiger partial charge in [-0.25, -0.2) is 0 Å². The average Bonchev–Trinajstić information content (AvgIpc) is 3.00. The van der Waals surface area contributed by atoms with Gasteiger partial charge in [-0.3, -0.25) is 14.6 Å². The molecule has 1 aromatic heterocycles. The van der Waals surface area contributed by atoms with Crippen LogP contribution in [0.5, 0.6) is 0 Å². The molecule has 0 atom stereocenters. The lowest BCUT2D eigenvalue weighted by Gasteiger charge is -2.26. The van der Waals surface area contributed by atoms with Gasteiger partial charge in [0.05, 0.1) is 12.2 Å². The molecule has 0 radical (unpaired) electrons. The summed E-state index contributed by atoms with van der Waals surface area (Å²) in [4.78, 5) is 16.7. The molecule has 26 heavy (non-hydrogen) atoms. The molecule has 7 heteroatoms. The molecule has 1 saturated heterocycles. The van der Waals surface area contributed by atoms with Gasteiger partial charge < -0.3 is 9.84 Å². The molecule has 1 aromatic carbocycles. The summed E-state index contributed by atoms with van der Waals surface area (Å²) in [5.74, 6) is 3.16. The summed E-state index contributed by atoms with van der Waals surface area (Å²) in [6, 6.07) is 10.0. The minimum absolute atomic E-state index is 0.0285. The second-order valence-electron chi connectivity index (χ2n) is 6.74. The van der Waals surface area contributed by atoms with E-state index in [9.17, 15) is 4.79 Å². The van der Waals surface area contributed by atoms with Crippen molar-refractivity contribution in [3.63, 3.8) is 0 Å². The summed E-state index contributed by atoms with van der Waals surface area (Å²) in [6.45, 7) is 5.95. The van der Waals surface area contributed by atoms with Crippen molar-refractivity contribution in [2.75, 3.05) is 43.5 Å².